The fourth-order valence-corrected chi connectivity index (χ4v) is 5.79. The average molecular weight is 333 g/mol. The summed E-state index contributed by atoms with van der Waals surface area (Å²) in [4.78, 5) is 2.43. The molecule has 0 N–H and O–H groups in total. The van der Waals surface area contributed by atoms with Crippen molar-refractivity contribution in [2.45, 2.75) is 43.7 Å². The molecule has 1 heterocycles. The SMILES string of the molecule is CN(C)C1CCC2CCCC1C21C=Cc2c(ccc3ccccc23)O1. The van der Waals surface area contributed by atoms with Gasteiger partial charge in [-0.05, 0) is 62.7 Å². The zero-order valence-corrected chi connectivity index (χ0v) is 15.2. The van der Waals surface area contributed by atoms with Crippen molar-refractivity contribution in [1.82, 2.24) is 4.90 Å². The van der Waals surface area contributed by atoms with Gasteiger partial charge in [-0.1, -0.05) is 42.8 Å². The van der Waals surface area contributed by atoms with E-state index in [-0.39, 0.29) is 5.60 Å². The Kier molecular flexibility index (Phi) is 3.46. The molecule has 0 amide bonds. The van der Waals surface area contributed by atoms with Crippen LogP contribution in [0.4, 0.5) is 0 Å². The number of nitrogens with zero attached hydrogens (tertiary/aromatic N) is 1. The van der Waals surface area contributed by atoms with Crippen molar-refractivity contribution in [3.63, 3.8) is 0 Å². The van der Waals surface area contributed by atoms with Gasteiger partial charge < -0.3 is 9.64 Å². The fourth-order valence-electron chi connectivity index (χ4n) is 5.79. The predicted octanol–water partition coefficient (Wildman–Crippen LogP) is 5.12. The van der Waals surface area contributed by atoms with Crippen LogP contribution in [0.5, 0.6) is 5.75 Å². The summed E-state index contributed by atoms with van der Waals surface area (Å²) in [5.41, 5.74) is 1.16. The zero-order valence-electron chi connectivity index (χ0n) is 15.2. The Hall–Kier alpha value is -1.80. The predicted molar refractivity (Wildman–Crippen MR) is 104 cm³/mol. The van der Waals surface area contributed by atoms with Gasteiger partial charge in [0.2, 0.25) is 0 Å². The largest absolute Gasteiger partial charge is 0.482 e. The molecule has 4 atom stereocenters. The molecule has 3 aliphatic rings. The first-order chi connectivity index (χ1) is 12.2. The van der Waals surface area contributed by atoms with Gasteiger partial charge in [0.25, 0.3) is 0 Å². The van der Waals surface area contributed by atoms with E-state index < -0.39 is 0 Å². The molecule has 2 aromatic rings. The van der Waals surface area contributed by atoms with Crippen molar-refractivity contribution in [2.24, 2.45) is 11.8 Å². The lowest BCUT2D eigenvalue weighted by Gasteiger charge is -2.56. The lowest BCUT2D eigenvalue weighted by atomic mass is 9.58. The van der Waals surface area contributed by atoms with Crippen molar-refractivity contribution in [1.29, 1.82) is 0 Å². The van der Waals surface area contributed by atoms with Gasteiger partial charge in [-0.25, -0.2) is 0 Å². The molecule has 2 bridgehead atoms. The Morgan fingerprint density at radius 1 is 1.00 bits per heavy atom. The van der Waals surface area contributed by atoms with E-state index in [4.69, 9.17) is 4.74 Å². The normalized spacial score (nSPS) is 33.5. The highest BCUT2D eigenvalue weighted by molar-refractivity contribution is 5.93. The van der Waals surface area contributed by atoms with Crippen LogP contribution in [-0.4, -0.2) is 30.6 Å². The van der Waals surface area contributed by atoms with E-state index in [1.54, 1.807) is 0 Å². The summed E-state index contributed by atoms with van der Waals surface area (Å²) in [6, 6.07) is 13.7. The molecular formula is C23H27NO. The van der Waals surface area contributed by atoms with E-state index in [2.05, 4.69) is 67.5 Å². The van der Waals surface area contributed by atoms with Gasteiger partial charge in [0, 0.05) is 23.4 Å². The smallest absolute Gasteiger partial charge is 0.135 e. The molecule has 5 rings (SSSR count). The van der Waals surface area contributed by atoms with Gasteiger partial charge in [0.1, 0.15) is 11.4 Å². The summed E-state index contributed by atoms with van der Waals surface area (Å²) >= 11 is 0. The van der Waals surface area contributed by atoms with Gasteiger partial charge in [0.05, 0.1) is 0 Å². The highest BCUT2D eigenvalue weighted by Crippen LogP contribution is 2.54. The quantitative estimate of drug-likeness (QED) is 0.718. The minimum Gasteiger partial charge on any atom is -0.482 e. The topological polar surface area (TPSA) is 12.5 Å². The number of hydrogen-bond acceptors (Lipinski definition) is 2. The molecule has 2 fully saturated rings. The first-order valence-corrected chi connectivity index (χ1v) is 9.75. The minimum absolute atomic E-state index is 0.0963. The van der Waals surface area contributed by atoms with Crippen LogP contribution < -0.4 is 4.74 Å². The van der Waals surface area contributed by atoms with Crippen LogP contribution in [0.3, 0.4) is 0 Å². The van der Waals surface area contributed by atoms with Gasteiger partial charge >= 0.3 is 0 Å². The van der Waals surface area contributed by atoms with Crippen molar-refractivity contribution in [2.75, 3.05) is 14.1 Å². The van der Waals surface area contributed by atoms with Crippen molar-refractivity contribution in [3.05, 3.63) is 48.0 Å². The van der Waals surface area contributed by atoms with Crippen LogP contribution in [0.2, 0.25) is 0 Å². The monoisotopic (exact) mass is 333 g/mol. The molecule has 1 spiro atoms. The van der Waals surface area contributed by atoms with Crippen molar-refractivity contribution < 1.29 is 4.74 Å². The number of rotatable bonds is 1. The maximum atomic E-state index is 6.90. The highest BCUT2D eigenvalue weighted by Gasteiger charge is 2.55. The maximum absolute atomic E-state index is 6.90. The molecule has 2 nitrogen and oxygen atoms in total. The lowest BCUT2D eigenvalue weighted by Crippen LogP contribution is -2.61. The van der Waals surface area contributed by atoms with E-state index in [0.29, 0.717) is 17.9 Å². The second-order valence-corrected chi connectivity index (χ2v) is 8.33. The molecule has 25 heavy (non-hydrogen) atoms. The van der Waals surface area contributed by atoms with Crippen LogP contribution in [-0.2, 0) is 0 Å². The molecule has 1 aliphatic heterocycles. The van der Waals surface area contributed by atoms with Crippen LogP contribution >= 0.6 is 0 Å². The molecule has 2 aromatic carbocycles. The Bertz CT molecular complexity index is 839. The van der Waals surface area contributed by atoms with E-state index >= 15 is 0 Å². The van der Waals surface area contributed by atoms with Crippen molar-refractivity contribution in [3.8, 4) is 5.75 Å². The summed E-state index contributed by atoms with van der Waals surface area (Å²) < 4.78 is 6.90. The van der Waals surface area contributed by atoms with E-state index in [9.17, 15) is 0 Å². The summed E-state index contributed by atoms with van der Waals surface area (Å²) in [6.07, 6.45) is 11.3. The molecular weight excluding hydrogens is 306 g/mol. The van der Waals surface area contributed by atoms with Crippen LogP contribution in [0.15, 0.2) is 42.5 Å². The average Bonchev–Trinajstić information content (AvgIpc) is 2.61. The molecule has 0 aromatic heterocycles. The maximum Gasteiger partial charge on any atom is 0.135 e. The number of ether oxygens (including phenoxy) is 1. The van der Waals surface area contributed by atoms with Gasteiger partial charge in [-0.2, -0.15) is 0 Å². The molecule has 2 aliphatic carbocycles. The Balaban J connectivity index is 1.62. The summed E-state index contributed by atoms with van der Waals surface area (Å²) in [7, 11) is 4.47. The minimum atomic E-state index is -0.0963. The third-order valence-corrected chi connectivity index (χ3v) is 6.95. The van der Waals surface area contributed by atoms with Crippen LogP contribution in [0.25, 0.3) is 16.8 Å². The zero-order chi connectivity index (χ0) is 17.0. The summed E-state index contributed by atoms with van der Waals surface area (Å²) in [6.45, 7) is 0. The summed E-state index contributed by atoms with van der Waals surface area (Å²) in [5, 5.41) is 2.59. The van der Waals surface area contributed by atoms with Crippen molar-refractivity contribution >= 4 is 16.8 Å². The molecule has 0 radical (unpaired) electrons. The standard InChI is InChI=1S/C23H27NO/c1-24(2)21-12-11-17-7-5-9-20(21)23(17)15-14-19-18-8-4-3-6-16(18)10-13-22(19)25-23/h3-4,6,8,10,13-15,17,20-21H,5,7,9,11-12H2,1-2H3. The van der Waals surface area contributed by atoms with Crippen LogP contribution in [0, 0.1) is 11.8 Å². The molecule has 2 saturated carbocycles. The van der Waals surface area contributed by atoms with Gasteiger partial charge in [-0.3, -0.25) is 0 Å². The molecule has 2 heteroatoms. The third-order valence-electron chi connectivity index (χ3n) is 6.95. The molecule has 0 saturated heterocycles. The van der Waals surface area contributed by atoms with E-state index in [0.717, 1.165) is 5.75 Å². The number of benzene rings is 2. The summed E-state index contributed by atoms with van der Waals surface area (Å²) in [5.74, 6) is 2.35. The molecule has 130 valence electrons. The number of fused-ring (bicyclic) bond motifs is 3. The Morgan fingerprint density at radius 2 is 1.88 bits per heavy atom. The second kappa shape index (κ2) is 5.60. The van der Waals surface area contributed by atoms with Gasteiger partial charge in [0.15, 0.2) is 0 Å². The Morgan fingerprint density at radius 3 is 2.76 bits per heavy atom. The molecule has 4 unspecified atom stereocenters. The van der Waals surface area contributed by atoms with E-state index in [1.165, 1.54) is 48.4 Å². The van der Waals surface area contributed by atoms with Gasteiger partial charge in [-0.15, -0.1) is 0 Å². The third kappa shape index (κ3) is 2.20. The first-order valence-electron chi connectivity index (χ1n) is 9.75. The number of hydrogen-bond donors (Lipinski definition) is 0. The second-order valence-electron chi connectivity index (χ2n) is 8.33. The van der Waals surface area contributed by atoms with E-state index in [1.807, 2.05) is 0 Å². The fraction of sp³-hybridized carbons (Fsp3) is 0.478. The van der Waals surface area contributed by atoms with Crippen LogP contribution in [0.1, 0.15) is 37.7 Å². The first kappa shape index (κ1) is 15.5. The lowest BCUT2D eigenvalue weighted by molar-refractivity contribution is -0.0936. The Labute approximate surface area is 150 Å². The highest BCUT2D eigenvalue weighted by atomic mass is 16.5.